The molecule has 0 spiro atoms. The fraction of sp³-hybridized carbons (Fsp3) is 0.579. The number of urea groups is 1. The smallest absolute Gasteiger partial charge is 0.330 e. The van der Waals surface area contributed by atoms with Gasteiger partial charge in [0.1, 0.15) is 13.2 Å². The third-order valence-corrected chi connectivity index (χ3v) is 4.81. The molecule has 0 aromatic rings. The van der Waals surface area contributed by atoms with Gasteiger partial charge in [-0.2, -0.15) is 0 Å². The Kier molecular flexibility index (Phi) is 6.26. The first-order valence-electron chi connectivity index (χ1n) is 8.77. The van der Waals surface area contributed by atoms with Gasteiger partial charge in [0.15, 0.2) is 6.73 Å². The zero-order valence-corrected chi connectivity index (χ0v) is 16.1. The molecule has 146 valence electrons. The third-order valence-electron chi connectivity index (χ3n) is 4.81. The summed E-state index contributed by atoms with van der Waals surface area (Å²) in [7, 11) is 0. The summed E-state index contributed by atoms with van der Waals surface area (Å²) in [5, 5.41) is 3.81. The largest absolute Gasteiger partial charge is 0.443 e. The number of carbonyl (C=O) groups is 3. The van der Waals surface area contributed by atoms with Crippen LogP contribution in [0.3, 0.4) is 0 Å². The molecular formula is C19H25N3O5. The standard InChI is InChI=1S/C19H25N3O5/c1-6-8-21-11-15(23)22(18(21)25)12-26-17(24)16-14(19(16,4)5)9-13(3)10-20-27-7-2/h1,9-10,14,16H,7-8,11-12H2,2-5H3/b13-9+,20-10+/t14-,16+/m1/s1. The number of allylic oxidation sites excluding steroid dienone is 2. The molecular weight excluding hydrogens is 350 g/mol. The second kappa shape index (κ2) is 8.25. The van der Waals surface area contributed by atoms with E-state index in [1.165, 1.54) is 4.90 Å². The van der Waals surface area contributed by atoms with Gasteiger partial charge < -0.3 is 14.5 Å². The molecule has 0 radical (unpaired) electrons. The fourth-order valence-electron chi connectivity index (χ4n) is 3.13. The Hall–Kier alpha value is -2.82. The lowest BCUT2D eigenvalue weighted by molar-refractivity contribution is -0.151. The Bertz CT molecular complexity index is 719. The minimum absolute atomic E-state index is 0.0130. The van der Waals surface area contributed by atoms with Crippen LogP contribution in [-0.4, -0.2) is 60.3 Å². The Morgan fingerprint density at radius 1 is 1.44 bits per heavy atom. The first-order chi connectivity index (χ1) is 12.7. The molecule has 8 heteroatoms. The molecule has 2 fully saturated rings. The molecule has 3 amide bonds. The predicted molar refractivity (Wildman–Crippen MR) is 98.2 cm³/mol. The lowest BCUT2D eigenvalue weighted by atomic mass is 10.1. The maximum Gasteiger partial charge on any atom is 0.330 e. The van der Waals surface area contributed by atoms with E-state index in [1.807, 2.05) is 33.8 Å². The van der Waals surface area contributed by atoms with Crippen LogP contribution >= 0.6 is 0 Å². The van der Waals surface area contributed by atoms with Gasteiger partial charge in [-0.25, -0.2) is 9.69 Å². The molecule has 0 N–H and O–H groups in total. The van der Waals surface area contributed by atoms with Crippen molar-refractivity contribution >= 4 is 24.1 Å². The van der Waals surface area contributed by atoms with E-state index in [9.17, 15) is 14.4 Å². The number of amides is 3. The second-order valence-electron chi connectivity index (χ2n) is 7.14. The molecule has 2 atom stereocenters. The molecule has 27 heavy (non-hydrogen) atoms. The summed E-state index contributed by atoms with van der Waals surface area (Å²) in [6.45, 7) is 7.68. The van der Waals surface area contributed by atoms with Crippen LogP contribution in [0.2, 0.25) is 0 Å². The van der Waals surface area contributed by atoms with Crippen molar-refractivity contribution in [3.05, 3.63) is 11.6 Å². The van der Waals surface area contributed by atoms with Crippen molar-refractivity contribution in [3.8, 4) is 12.3 Å². The van der Waals surface area contributed by atoms with Gasteiger partial charge in [0, 0.05) is 0 Å². The summed E-state index contributed by atoms with van der Waals surface area (Å²) in [6.07, 6.45) is 8.73. The van der Waals surface area contributed by atoms with E-state index in [1.54, 1.807) is 6.21 Å². The molecule has 0 aromatic heterocycles. The van der Waals surface area contributed by atoms with E-state index in [0.29, 0.717) is 6.61 Å². The first kappa shape index (κ1) is 20.5. The molecule has 0 unspecified atom stereocenters. The van der Waals surface area contributed by atoms with Crippen molar-refractivity contribution < 1.29 is 24.0 Å². The topological polar surface area (TPSA) is 88.5 Å². The zero-order valence-electron chi connectivity index (χ0n) is 16.1. The first-order valence-corrected chi connectivity index (χ1v) is 8.77. The third kappa shape index (κ3) is 4.48. The molecule has 8 nitrogen and oxygen atoms in total. The van der Waals surface area contributed by atoms with E-state index in [2.05, 4.69) is 11.1 Å². The molecule has 0 aromatic carbocycles. The summed E-state index contributed by atoms with van der Waals surface area (Å²) in [5.41, 5.74) is 0.610. The quantitative estimate of drug-likeness (QED) is 0.211. The van der Waals surface area contributed by atoms with Gasteiger partial charge in [-0.3, -0.25) is 9.59 Å². The number of ether oxygens (including phenoxy) is 1. The Balaban J connectivity index is 1.93. The maximum atomic E-state index is 12.4. The van der Waals surface area contributed by atoms with Crippen molar-refractivity contribution in [1.82, 2.24) is 9.80 Å². The summed E-state index contributed by atoms with van der Waals surface area (Å²) < 4.78 is 5.24. The number of oxime groups is 1. The van der Waals surface area contributed by atoms with Gasteiger partial charge >= 0.3 is 12.0 Å². The molecule has 2 rings (SSSR count). The molecule has 2 aliphatic rings. The van der Waals surface area contributed by atoms with Crippen LogP contribution in [0, 0.1) is 29.6 Å². The molecule has 1 saturated carbocycles. The fourth-order valence-corrected chi connectivity index (χ4v) is 3.13. The van der Waals surface area contributed by atoms with Crippen LogP contribution in [-0.2, 0) is 19.2 Å². The Labute approximate surface area is 159 Å². The minimum Gasteiger partial charge on any atom is -0.443 e. The van der Waals surface area contributed by atoms with Crippen LogP contribution in [0.15, 0.2) is 16.8 Å². The van der Waals surface area contributed by atoms with Gasteiger partial charge in [0.25, 0.3) is 5.91 Å². The van der Waals surface area contributed by atoms with Crippen molar-refractivity contribution in [2.45, 2.75) is 27.7 Å². The predicted octanol–water partition coefficient (Wildman–Crippen LogP) is 1.63. The summed E-state index contributed by atoms with van der Waals surface area (Å²) in [6, 6.07) is -0.541. The lowest BCUT2D eigenvalue weighted by Crippen LogP contribution is -2.36. The highest BCUT2D eigenvalue weighted by Crippen LogP contribution is 2.59. The number of imide groups is 1. The van der Waals surface area contributed by atoms with Crippen LogP contribution in [0.1, 0.15) is 27.7 Å². The van der Waals surface area contributed by atoms with Crippen LogP contribution in [0.5, 0.6) is 0 Å². The normalized spacial score (nSPS) is 24.3. The Morgan fingerprint density at radius 3 is 2.78 bits per heavy atom. The highest BCUT2D eigenvalue weighted by Gasteiger charge is 2.61. The average Bonchev–Trinajstić information content (AvgIpc) is 3.02. The Morgan fingerprint density at radius 2 is 2.15 bits per heavy atom. The number of esters is 1. The highest BCUT2D eigenvalue weighted by molar-refractivity contribution is 6.02. The number of carbonyl (C=O) groups excluding carboxylic acids is 3. The van der Waals surface area contributed by atoms with Gasteiger partial charge in [-0.05, 0) is 30.8 Å². The van der Waals surface area contributed by atoms with E-state index in [-0.39, 0.29) is 30.3 Å². The maximum absolute atomic E-state index is 12.4. The van der Waals surface area contributed by atoms with E-state index in [4.69, 9.17) is 16.0 Å². The molecule has 0 bridgehead atoms. The highest BCUT2D eigenvalue weighted by atomic mass is 16.6. The van der Waals surface area contributed by atoms with Gasteiger partial charge in [-0.1, -0.05) is 31.0 Å². The van der Waals surface area contributed by atoms with E-state index < -0.39 is 24.6 Å². The summed E-state index contributed by atoms with van der Waals surface area (Å²) >= 11 is 0. The number of hydrogen-bond acceptors (Lipinski definition) is 6. The van der Waals surface area contributed by atoms with E-state index in [0.717, 1.165) is 10.5 Å². The number of hydrogen-bond donors (Lipinski definition) is 0. The average molecular weight is 375 g/mol. The molecule has 1 heterocycles. The SMILES string of the molecule is C#CCN1CC(=O)N(COC(=O)[C@@H]2[C@@H](/C=C(C)/C=N/OCC)C2(C)C)C1=O. The van der Waals surface area contributed by atoms with Crippen LogP contribution in [0.25, 0.3) is 0 Å². The van der Waals surface area contributed by atoms with Crippen molar-refractivity contribution in [2.24, 2.45) is 22.4 Å². The van der Waals surface area contributed by atoms with Crippen molar-refractivity contribution in [2.75, 3.05) is 26.4 Å². The summed E-state index contributed by atoms with van der Waals surface area (Å²) in [5.74, 6) is 1.09. The monoisotopic (exact) mass is 375 g/mol. The second-order valence-corrected chi connectivity index (χ2v) is 7.14. The lowest BCUT2D eigenvalue weighted by Gasteiger charge is -2.15. The molecule has 1 aliphatic heterocycles. The van der Waals surface area contributed by atoms with Crippen LogP contribution in [0.4, 0.5) is 4.79 Å². The van der Waals surface area contributed by atoms with Gasteiger partial charge in [-0.15, -0.1) is 6.42 Å². The van der Waals surface area contributed by atoms with Crippen molar-refractivity contribution in [3.63, 3.8) is 0 Å². The molecule has 1 aliphatic carbocycles. The summed E-state index contributed by atoms with van der Waals surface area (Å²) in [4.78, 5) is 43.5. The molecule has 1 saturated heterocycles. The zero-order chi connectivity index (χ0) is 20.2. The van der Waals surface area contributed by atoms with Gasteiger partial charge in [0.05, 0.1) is 18.7 Å². The van der Waals surface area contributed by atoms with Crippen LogP contribution < -0.4 is 0 Å². The van der Waals surface area contributed by atoms with Gasteiger partial charge in [0.2, 0.25) is 0 Å². The number of terminal acetylenes is 1. The minimum atomic E-state index is -0.541. The number of rotatable bonds is 8. The number of nitrogens with zero attached hydrogens (tertiary/aromatic N) is 3. The van der Waals surface area contributed by atoms with Crippen molar-refractivity contribution in [1.29, 1.82) is 0 Å². The van der Waals surface area contributed by atoms with E-state index >= 15 is 0 Å².